The highest BCUT2D eigenvalue weighted by Gasteiger charge is 2.22. The number of hydrogen-bond donors (Lipinski definition) is 3. The Morgan fingerprint density at radius 2 is 2.34 bits per heavy atom. The number of furan rings is 1. The second-order valence-electron chi connectivity index (χ2n) is 6.81. The van der Waals surface area contributed by atoms with E-state index in [1.807, 2.05) is 30.1 Å². The Balaban J connectivity index is 0.00000240. The lowest BCUT2D eigenvalue weighted by atomic mass is 10.1. The van der Waals surface area contributed by atoms with E-state index in [0.29, 0.717) is 24.2 Å². The first kappa shape index (κ1) is 21.1. The van der Waals surface area contributed by atoms with Gasteiger partial charge in [0, 0.05) is 39.4 Å². The predicted molar refractivity (Wildman–Crippen MR) is 121 cm³/mol. The molecule has 10 nitrogen and oxygen atoms in total. The molecule has 11 heteroatoms. The maximum Gasteiger partial charge on any atom is 0.216 e. The SMILES string of the molecule is CN=C(NCc1nc(-c2ccco2)n[nH]1)NC1CCCN(c2cnn(C)c2)C1.I. The second kappa shape index (κ2) is 9.76. The van der Waals surface area contributed by atoms with Gasteiger partial charge >= 0.3 is 0 Å². The van der Waals surface area contributed by atoms with Crippen molar-refractivity contribution in [1.82, 2.24) is 35.6 Å². The lowest BCUT2D eigenvalue weighted by molar-refractivity contribution is 0.467. The second-order valence-corrected chi connectivity index (χ2v) is 6.81. The number of nitrogens with zero attached hydrogens (tertiary/aromatic N) is 6. The van der Waals surface area contributed by atoms with E-state index in [9.17, 15) is 0 Å². The molecule has 1 aliphatic heterocycles. The van der Waals surface area contributed by atoms with Gasteiger partial charge in [-0.05, 0) is 25.0 Å². The maximum atomic E-state index is 5.32. The third-order valence-corrected chi connectivity index (χ3v) is 4.74. The van der Waals surface area contributed by atoms with Crippen LogP contribution in [-0.4, -0.2) is 57.1 Å². The standard InChI is InChI=1S/C18H25N9O.HI/c1-19-18(20-10-16-23-17(25-24-16)15-6-4-8-28-15)22-13-5-3-7-27(11-13)14-9-21-26(2)12-14;/h4,6,8-9,12-13H,3,5,7,10-11H2,1-2H3,(H2,19,20,22)(H,23,24,25);1H. The zero-order chi connectivity index (χ0) is 19.3. The van der Waals surface area contributed by atoms with Crippen molar-refractivity contribution in [3.8, 4) is 11.6 Å². The molecule has 0 aliphatic carbocycles. The van der Waals surface area contributed by atoms with Gasteiger partial charge in [-0.15, -0.1) is 29.1 Å². The number of nitrogens with one attached hydrogen (secondary N) is 3. The number of aromatic nitrogens is 5. The Hall–Kier alpha value is -2.57. The molecule has 4 heterocycles. The molecule has 4 rings (SSSR count). The molecule has 0 bridgehead atoms. The molecule has 1 atom stereocenters. The number of aromatic amines is 1. The summed E-state index contributed by atoms with van der Waals surface area (Å²) in [6, 6.07) is 3.96. The van der Waals surface area contributed by atoms with Crippen LogP contribution in [0, 0.1) is 0 Å². The highest BCUT2D eigenvalue weighted by molar-refractivity contribution is 14.0. The van der Waals surface area contributed by atoms with Gasteiger partial charge in [0.1, 0.15) is 5.82 Å². The van der Waals surface area contributed by atoms with Crippen LogP contribution in [0.15, 0.2) is 40.2 Å². The van der Waals surface area contributed by atoms with Crippen LogP contribution in [0.5, 0.6) is 0 Å². The number of H-pyrrole nitrogens is 1. The van der Waals surface area contributed by atoms with Crippen molar-refractivity contribution in [2.24, 2.45) is 12.0 Å². The molecule has 1 unspecified atom stereocenters. The maximum absolute atomic E-state index is 5.32. The molecular formula is C18H26IN9O. The Morgan fingerprint density at radius 1 is 1.45 bits per heavy atom. The zero-order valence-electron chi connectivity index (χ0n) is 16.5. The van der Waals surface area contributed by atoms with Crippen LogP contribution in [-0.2, 0) is 13.6 Å². The van der Waals surface area contributed by atoms with Crippen LogP contribution in [0.3, 0.4) is 0 Å². The minimum Gasteiger partial charge on any atom is -0.461 e. The fraction of sp³-hybridized carbons (Fsp3) is 0.444. The summed E-state index contributed by atoms with van der Waals surface area (Å²) < 4.78 is 7.15. The summed E-state index contributed by atoms with van der Waals surface area (Å²) in [5.41, 5.74) is 1.16. The molecule has 0 amide bonds. The Morgan fingerprint density at radius 3 is 3.07 bits per heavy atom. The van der Waals surface area contributed by atoms with E-state index >= 15 is 0 Å². The summed E-state index contributed by atoms with van der Waals surface area (Å²) in [6.45, 7) is 2.45. The number of rotatable bonds is 5. The number of aliphatic imine (C=N–C) groups is 1. The fourth-order valence-electron chi connectivity index (χ4n) is 3.35. The molecule has 0 aromatic carbocycles. The number of piperidine rings is 1. The Bertz CT molecular complexity index is 918. The van der Waals surface area contributed by atoms with Gasteiger partial charge in [0.25, 0.3) is 0 Å². The van der Waals surface area contributed by atoms with Crippen LogP contribution < -0.4 is 15.5 Å². The van der Waals surface area contributed by atoms with Crippen molar-refractivity contribution in [3.63, 3.8) is 0 Å². The lowest BCUT2D eigenvalue weighted by Crippen LogP contribution is -2.51. The molecule has 3 N–H and O–H groups in total. The van der Waals surface area contributed by atoms with Crippen LogP contribution >= 0.6 is 24.0 Å². The molecule has 1 aliphatic rings. The first-order valence-electron chi connectivity index (χ1n) is 9.37. The monoisotopic (exact) mass is 511 g/mol. The zero-order valence-corrected chi connectivity index (χ0v) is 18.8. The van der Waals surface area contributed by atoms with Crippen LogP contribution in [0.4, 0.5) is 5.69 Å². The van der Waals surface area contributed by atoms with Crippen molar-refractivity contribution >= 4 is 35.6 Å². The average Bonchev–Trinajstić information content (AvgIpc) is 3.46. The van der Waals surface area contributed by atoms with Crippen LogP contribution in [0.1, 0.15) is 18.7 Å². The van der Waals surface area contributed by atoms with Crippen molar-refractivity contribution in [2.75, 3.05) is 25.0 Å². The van der Waals surface area contributed by atoms with Gasteiger partial charge in [-0.1, -0.05) is 0 Å². The van der Waals surface area contributed by atoms with Crippen molar-refractivity contribution in [3.05, 3.63) is 36.6 Å². The summed E-state index contributed by atoms with van der Waals surface area (Å²) in [5.74, 6) is 2.65. The molecule has 1 saturated heterocycles. The van der Waals surface area contributed by atoms with E-state index in [-0.39, 0.29) is 24.0 Å². The van der Waals surface area contributed by atoms with E-state index in [2.05, 4.69) is 47.0 Å². The quantitative estimate of drug-likeness (QED) is 0.272. The smallest absolute Gasteiger partial charge is 0.216 e. The summed E-state index contributed by atoms with van der Waals surface area (Å²) >= 11 is 0. The van der Waals surface area contributed by atoms with Crippen LogP contribution in [0.2, 0.25) is 0 Å². The minimum atomic E-state index is 0. The van der Waals surface area contributed by atoms with E-state index in [1.54, 1.807) is 13.3 Å². The van der Waals surface area contributed by atoms with Crippen molar-refractivity contribution in [2.45, 2.75) is 25.4 Å². The first-order chi connectivity index (χ1) is 13.7. The third kappa shape index (κ3) is 5.28. The first-order valence-corrected chi connectivity index (χ1v) is 9.37. The Kier molecular flexibility index (Phi) is 7.12. The van der Waals surface area contributed by atoms with E-state index in [4.69, 9.17) is 4.42 Å². The van der Waals surface area contributed by atoms with Crippen LogP contribution in [0.25, 0.3) is 11.6 Å². The third-order valence-electron chi connectivity index (χ3n) is 4.74. The molecule has 29 heavy (non-hydrogen) atoms. The largest absolute Gasteiger partial charge is 0.461 e. The van der Waals surface area contributed by atoms with Gasteiger partial charge in [-0.25, -0.2) is 4.98 Å². The van der Waals surface area contributed by atoms with Gasteiger partial charge < -0.3 is 20.0 Å². The number of hydrogen-bond acceptors (Lipinski definition) is 6. The highest BCUT2D eigenvalue weighted by Crippen LogP contribution is 2.19. The summed E-state index contributed by atoms with van der Waals surface area (Å²) in [4.78, 5) is 11.1. The molecule has 3 aromatic rings. The highest BCUT2D eigenvalue weighted by atomic mass is 127. The number of anilines is 1. The van der Waals surface area contributed by atoms with Crippen molar-refractivity contribution in [1.29, 1.82) is 0 Å². The fourth-order valence-corrected chi connectivity index (χ4v) is 3.35. The molecule has 0 saturated carbocycles. The van der Waals surface area contributed by atoms with Gasteiger partial charge in [0.15, 0.2) is 11.7 Å². The summed E-state index contributed by atoms with van der Waals surface area (Å²) in [7, 11) is 3.71. The van der Waals surface area contributed by atoms with Gasteiger partial charge in [0.2, 0.25) is 5.82 Å². The van der Waals surface area contributed by atoms with Gasteiger partial charge in [-0.3, -0.25) is 14.8 Å². The summed E-state index contributed by atoms with van der Waals surface area (Å²) in [5, 5.41) is 18.2. The van der Waals surface area contributed by atoms with Gasteiger partial charge in [-0.2, -0.15) is 5.10 Å². The summed E-state index contributed by atoms with van der Waals surface area (Å²) in [6.07, 6.45) is 7.79. The number of aryl methyl sites for hydroxylation is 1. The average molecular weight is 511 g/mol. The topological polar surface area (TPSA) is 112 Å². The van der Waals surface area contributed by atoms with Gasteiger partial charge in [0.05, 0.1) is 24.7 Å². The molecule has 3 aromatic heterocycles. The van der Waals surface area contributed by atoms with E-state index in [1.165, 1.54) is 0 Å². The predicted octanol–water partition coefficient (Wildman–Crippen LogP) is 1.75. The number of guanidine groups is 1. The van der Waals surface area contributed by atoms with E-state index < -0.39 is 0 Å². The molecule has 1 fully saturated rings. The molecule has 0 radical (unpaired) electrons. The molecule has 156 valence electrons. The van der Waals surface area contributed by atoms with E-state index in [0.717, 1.165) is 43.4 Å². The Labute approximate surface area is 186 Å². The lowest BCUT2D eigenvalue weighted by Gasteiger charge is -2.34. The normalized spacial score (nSPS) is 17.1. The van der Waals surface area contributed by atoms with Crippen molar-refractivity contribution < 1.29 is 4.42 Å². The molecular weight excluding hydrogens is 485 g/mol. The molecule has 0 spiro atoms. The number of halogens is 1. The minimum absolute atomic E-state index is 0.